The summed E-state index contributed by atoms with van der Waals surface area (Å²) in [4.78, 5) is 9.73. The van der Waals surface area contributed by atoms with Crippen molar-refractivity contribution in [1.82, 2.24) is 0 Å². The highest BCUT2D eigenvalue weighted by Gasteiger charge is 2.25. The first-order chi connectivity index (χ1) is 11.2. The second-order valence-electron chi connectivity index (χ2n) is 7.85. The monoisotopic (exact) mass is 366 g/mol. The van der Waals surface area contributed by atoms with E-state index in [-0.39, 0.29) is 12.7 Å². The zero-order chi connectivity index (χ0) is 18.5. The van der Waals surface area contributed by atoms with Crippen molar-refractivity contribution in [2.45, 2.75) is 84.2 Å². The zero-order valence-corrected chi connectivity index (χ0v) is 17.5. The van der Waals surface area contributed by atoms with E-state index < -0.39 is 7.82 Å². The lowest BCUT2D eigenvalue weighted by atomic mass is 10.1. The van der Waals surface area contributed by atoms with Crippen LogP contribution in [0.15, 0.2) is 0 Å². The fourth-order valence-corrected chi connectivity index (χ4v) is 3.42. The van der Waals surface area contributed by atoms with Crippen molar-refractivity contribution in [2.75, 3.05) is 34.3 Å². The number of quaternary nitrogens is 1. The van der Waals surface area contributed by atoms with Crippen LogP contribution >= 0.6 is 7.82 Å². The van der Waals surface area contributed by atoms with Crippen molar-refractivity contribution in [3.8, 4) is 0 Å². The molecule has 0 aliphatic heterocycles. The van der Waals surface area contributed by atoms with Crippen molar-refractivity contribution in [2.24, 2.45) is 0 Å². The molecule has 6 heteroatoms. The summed E-state index contributed by atoms with van der Waals surface area (Å²) in [5.41, 5.74) is 0. The Labute approximate surface area is 149 Å². The number of likely N-dealkylation sites (N-methyl/N-ethyl adjacent to an activating group) is 1. The normalized spacial score (nSPS) is 16.1. The fraction of sp³-hybridized carbons (Fsp3) is 1.00. The minimum atomic E-state index is -3.92. The van der Waals surface area contributed by atoms with Gasteiger partial charge in [0.2, 0.25) is 0 Å². The van der Waals surface area contributed by atoms with Crippen LogP contribution in [0.2, 0.25) is 0 Å². The lowest BCUT2D eigenvalue weighted by Gasteiger charge is -2.24. The molecule has 0 aromatic rings. The Bertz CT molecular complexity index is 344. The van der Waals surface area contributed by atoms with E-state index in [2.05, 4.69) is 6.92 Å². The van der Waals surface area contributed by atoms with Crippen LogP contribution in [0.3, 0.4) is 0 Å². The maximum atomic E-state index is 11.9. The van der Waals surface area contributed by atoms with Gasteiger partial charge in [0.25, 0.3) is 0 Å². The van der Waals surface area contributed by atoms with Crippen molar-refractivity contribution in [1.29, 1.82) is 0 Å². The van der Waals surface area contributed by atoms with E-state index in [1.165, 1.54) is 51.4 Å². The number of unbranched alkanes of at least 4 members (excludes halogenated alkanes) is 8. The molecule has 0 fully saturated rings. The molecule has 5 nitrogen and oxygen atoms in total. The number of phosphoric acid groups is 1. The summed E-state index contributed by atoms with van der Waals surface area (Å²) in [5, 5.41) is 0. The fourth-order valence-electron chi connectivity index (χ4n) is 2.48. The first kappa shape index (κ1) is 24.1. The molecule has 0 rings (SSSR count). The molecule has 146 valence electrons. The van der Waals surface area contributed by atoms with Crippen molar-refractivity contribution < 1.29 is 23.0 Å². The quantitative estimate of drug-likeness (QED) is 0.234. The molecule has 1 N–H and O–H groups in total. The Balaban J connectivity index is 3.62. The molecule has 0 heterocycles. The van der Waals surface area contributed by atoms with Gasteiger partial charge in [-0.3, -0.25) is 9.05 Å². The largest absolute Gasteiger partial charge is 0.472 e. The van der Waals surface area contributed by atoms with E-state index in [1.54, 1.807) is 0 Å². The van der Waals surface area contributed by atoms with E-state index in [1.807, 2.05) is 28.1 Å². The summed E-state index contributed by atoms with van der Waals surface area (Å²) >= 11 is 0. The first-order valence-corrected chi connectivity index (χ1v) is 11.1. The second-order valence-corrected chi connectivity index (χ2v) is 9.25. The van der Waals surface area contributed by atoms with Gasteiger partial charge in [0, 0.05) is 0 Å². The third-order valence-electron chi connectivity index (χ3n) is 4.04. The molecule has 0 saturated carbocycles. The molecule has 0 aliphatic carbocycles. The Kier molecular flexibility index (Phi) is 13.3. The van der Waals surface area contributed by atoms with Gasteiger partial charge in [0.05, 0.1) is 27.2 Å². The van der Waals surface area contributed by atoms with Gasteiger partial charge in [0.15, 0.2) is 0 Å². The molecule has 0 aliphatic rings. The van der Waals surface area contributed by atoms with Gasteiger partial charge >= 0.3 is 7.82 Å². The molecule has 2 unspecified atom stereocenters. The zero-order valence-electron chi connectivity index (χ0n) is 16.6. The van der Waals surface area contributed by atoms with E-state index in [0.717, 1.165) is 12.8 Å². The van der Waals surface area contributed by atoms with Crippen LogP contribution in [0.1, 0.15) is 78.1 Å². The van der Waals surface area contributed by atoms with Crippen LogP contribution in [0.25, 0.3) is 0 Å². The summed E-state index contributed by atoms with van der Waals surface area (Å²) in [6, 6.07) is 0. The Morgan fingerprint density at radius 2 is 1.46 bits per heavy atom. The van der Waals surface area contributed by atoms with Crippen molar-refractivity contribution >= 4 is 7.82 Å². The third kappa shape index (κ3) is 16.9. The summed E-state index contributed by atoms with van der Waals surface area (Å²) in [5.74, 6) is 0. The molecule has 0 saturated heterocycles. The smallest absolute Gasteiger partial charge is 0.329 e. The topological polar surface area (TPSA) is 55.8 Å². The van der Waals surface area contributed by atoms with Crippen LogP contribution in [0.4, 0.5) is 0 Å². The average Bonchev–Trinajstić information content (AvgIpc) is 2.43. The van der Waals surface area contributed by atoms with Crippen molar-refractivity contribution in [3.05, 3.63) is 0 Å². The second kappa shape index (κ2) is 13.3. The molecule has 24 heavy (non-hydrogen) atoms. The Hall–Kier alpha value is 0.0700. The van der Waals surface area contributed by atoms with Crippen molar-refractivity contribution in [3.63, 3.8) is 0 Å². The number of hydrogen-bond acceptors (Lipinski definition) is 3. The minimum Gasteiger partial charge on any atom is -0.329 e. The lowest BCUT2D eigenvalue weighted by Crippen LogP contribution is -2.37. The van der Waals surface area contributed by atoms with Crippen LogP contribution < -0.4 is 0 Å². The van der Waals surface area contributed by atoms with Gasteiger partial charge in [-0.15, -0.1) is 0 Å². The predicted octanol–water partition coefficient (Wildman–Crippen LogP) is 5.14. The van der Waals surface area contributed by atoms with Crippen LogP contribution in [0, 0.1) is 0 Å². The molecule has 0 bridgehead atoms. The van der Waals surface area contributed by atoms with Gasteiger partial charge in [0.1, 0.15) is 13.2 Å². The highest BCUT2D eigenvalue weighted by atomic mass is 31.2. The first-order valence-electron chi connectivity index (χ1n) is 9.62. The minimum absolute atomic E-state index is 0.224. The predicted molar refractivity (Wildman–Crippen MR) is 101 cm³/mol. The molecular formula is C18H41NO4P+. The van der Waals surface area contributed by atoms with E-state index in [9.17, 15) is 9.46 Å². The Morgan fingerprint density at radius 3 is 1.96 bits per heavy atom. The highest BCUT2D eigenvalue weighted by molar-refractivity contribution is 7.47. The molecule has 2 atom stereocenters. The van der Waals surface area contributed by atoms with E-state index in [0.29, 0.717) is 11.0 Å². The van der Waals surface area contributed by atoms with E-state index in [4.69, 9.17) is 9.05 Å². The van der Waals surface area contributed by atoms with Gasteiger partial charge in [-0.25, -0.2) is 4.57 Å². The number of hydrogen-bond donors (Lipinski definition) is 1. The molecule has 0 aromatic heterocycles. The standard InChI is InChI=1S/C18H40NO4P/c1-6-7-8-9-10-11-12-13-14-15-18(2)23-24(20,21)22-17-16-19(3,4)5/h18H,6-17H2,1-5H3/p+1. The summed E-state index contributed by atoms with van der Waals surface area (Å²) in [7, 11) is 2.12. The van der Waals surface area contributed by atoms with Crippen LogP contribution in [-0.2, 0) is 13.6 Å². The summed E-state index contributed by atoms with van der Waals surface area (Å²) in [6.07, 6.45) is 12.0. The molecule has 0 radical (unpaired) electrons. The molecule has 0 aromatic carbocycles. The SMILES string of the molecule is CCCCCCCCCCCC(C)OP(=O)(O)OCC[N+](C)(C)C. The highest BCUT2D eigenvalue weighted by Crippen LogP contribution is 2.45. The number of nitrogens with zero attached hydrogens (tertiary/aromatic N) is 1. The van der Waals surface area contributed by atoms with Gasteiger partial charge in [-0.2, -0.15) is 0 Å². The van der Waals surface area contributed by atoms with Crippen LogP contribution in [0.5, 0.6) is 0 Å². The van der Waals surface area contributed by atoms with Gasteiger partial charge in [-0.1, -0.05) is 64.7 Å². The number of phosphoric ester groups is 1. The maximum Gasteiger partial charge on any atom is 0.472 e. The average molecular weight is 367 g/mol. The Morgan fingerprint density at radius 1 is 0.958 bits per heavy atom. The lowest BCUT2D eigenvalue weighted by molar-refractivity contribution is -0.870. The molecule has 0 spiro atoms. The number of rotatable bonds is 16. The van der Waals surface area contributed by atoms with E-state index >= 15 is 0 Å². The summed E-state index contributed by atoms with van der Waals surface area (Å²) < 4.78 is 22.8. The van der Waals surface area contributed by atoms with Gasteiger partial charge < -0.3 is 9.38 Å². The third-order valence-corrected chi connectivity index (χ3v) is 5.18. The van der Waals surface area contributed by atoms with Gasteiger partial charge in [-0.05, 0) is 13.3 Å². The van der Waals surface area contributed by atoms with Crippen LogP contribution in [-0.4, -0.2) is 49.8 Å². The molecule has 0 amide bonds. The summed E-state index contributed by atoms with van der Waals surface area (Å²) in [6.45, 7) is 4.97. The molecular weight excluding hydrogens is 325 g/mol. The maximum absolute atomic E-state index is 11.9.